The smallest absolute Gasteiger partial charge is 1.00 e. The van der Waals surface area contributed by atoms with Crippen LogP contribution in [0.5, 0.6) is 0 Å². The van der Waals surface area contributed by atoms with Crippen molar-refractivity contribution in [2.24, 2.45) is 0 Å². The number of halogens is 1. The molecule has 1 atom stereocenters. The Bertz CT molecular complexity index is 130. The predicted molar refractivity (Wildman–Crippen MR) is 40.2 cm³/mol. The Morgan fingerprint density at radius 1 is 1.54 bits per heavy atom. The molecule has 0 aliphatic carbocycles. The van der Waals surface area contributed by atoms with E-state index >= 15 is 0 Å². The van der Waals surface area contributed by atoms with E-state index in [1.807, 2.05) is 0 Å². The minimum atomic E-state index is -1.08. The Balaban J connectivity index is -0.000000180. The topological polar surface area (TPSA) is 52.7 Å². The molecule has 1 rings (SSSR count). The maximum absolute atomic E-state index is 8.35. The molecular formula is C6H14ClNNaO3P. The molecule has 0 aromatic carbocycles. The van der Waals surface area contributed by atoms with E-state index in [0.717, 1.165) is 17.6 Å². The monoisotopic (exact) mass is 237 g/mol. The molecule has 1 aliphatic heterocycles. The second kappa shape index (κ2) is 9.81. The van der Waals surface area contributed by atoms with Crippen molar-refractivity contribution in [3.8, 4) is 0 Å². The summed E-state index contributed by atoms with van der Waals surface area (Å²) >= 11 is 0. The first-order valence-corrected chi connectivity index (χ1v) is 4.09. The summed E-state index contributed by atoms with van der Waals surface area (Å²) in [6.45, 7) is 2.13. The number of rotatable bonds is 2. The zero-order chi connectivity index (χ0) is 8.91. The van der Waals surface area contributed by atoms with E-state index in [2.05, 4.69) is 21.1 Å². The first kappa shape index (κ1) is 19.8. The molecule has 4 nitrogen and oxygen atoms in total. The van der Waals surface area contributed by atoms with Crippen molar-refractivity contribution in [2.45, 2.75) is 6.10 Å². The molecule has 0 amide bonds. The van der Waals surface area contributed by atoms with Crippen LogP contribution in [0.3, 0.4) is 0 Å². The summed E-state index contributed by atoms with van der Waals surface area (Å²) in [5.41, 5.74) is 0. The molecule has 0 bridgehead atoms. The van der Waals surface area contributed by atoms with Crippen LogP contribution < -0.4 is 46.9 Å². The molecule has 0 aromatic heterocycles. The van der Waals surface area contributed by atoms with Crippen LogP contribution in [0.4, 0.5) is 0 Å². The molecule has 0 aromatic rings. The summed E-state index contributed by atoms with van der Waals surface area (Å²) in [5.74, 6) is 0. The van der Waals surface area contributed by atoms with Crippen LogP contribution in [0.2, 0.25) is 0 Å². The molecule has 0 saturated carbocycles. The zero-order valence-corrected chi connectivity index (χ0v) is 12.1. The molecule has 0 spiro atoms. The number of hydrogen-bond donors (Lipinski definition) is 0. The van der Waals surface area contributed by atoms with Gasteiger partial charge in [-0.05, 0) is 0 Å². The van der Waals surface area contributed by atoms with E-state index < -0.39 is 8.69 Å². The maximum atomic E-state index is 8.35. The van der Waals surface area contributed by atoms with Crippen molar-refractivity contribution in [1.29, 1.82) is 0 Å². The van der Waals surface area contributed by atoms with Crippen LogP contribution in [-0.4, -0.2) is 44.9 Å². The molecular weight excluding hydrogens is 223 g/mol. The summed E-state index contributed by atoms with van der Waals surface area (Å²) in [6, 6.07) is 0. The minimum Gasteiger partial charge on any atom is -1.00 e. The molecule has 1 fully saturated rings. The molecule has 1 heterocycles. The van der Waals surface area contributed by atoms with Gasteiger partial charge >= 0.3 is 29.6 Å². The van der Waals surface area contributed by atoms with E-state index in [0.29, 0.717) is 6.10 Å². The molecule has 0 radical (unpaired) electrons. The molecule has 1 aliphatic rings. The van der Waals surface area contributed by atoms with E-state index in [1.54, 1.807) is 0 Å². The van der Waals surface area contributed by atoms with Gasteiger partial charge in [0.15, 0.2) is 0 Å². The Hall–Kier alpha value is 1.27. The van der Waals surface area contributed by atoms with Gasteiger partial charge in [-0.1, -0.05) is 0 Å². The fourth-order valence-electron chi connectivity index (χ4n) is 0.784. The number of nitrogens with zero attached hydrogens (tertiary/aromatic N) is 1. The number of ether oxygens (including phenoxy) is 1. The van der Waals surface area contributed by atoms with Crippen LogP contribution >= 0.6 is 8.69 Å². The molecule has 74 valence electrons. The van der Waals surface area contributed by atoms with E-state index in [9.17, 15) is 0 Å². The largest absolute Gasteiger partial charge is 1.00 e. The van der Waals surface area contributed by atoms with Crippen molar-refractivity contribution in [3.63, 3.8) is 0 Å². The Morgan fingerprint density at radius 3 is 1.92 bits per heavy atom. The van der Waals surface area contributed by atoms with E-state index in [-0.39, 0.29) is 42.0 Å². The van der Waals surface area contributed by atoms with Crippen LogP contribution in [0.1, 0.15) is 0 Å². The number of quaternary nitrogens is 1. The van der Waals surface area contributed by atoms with Gasteiger partial charge in [0.05, 0.1) is 36.4 Å². The predicted octanol–water partition coefficient (Wildman–Crippen LogP) is -6.35. The molecule has 7 heteroatoms. The zero-order valence-electron chi connectivity index (χ0n) is 8.49. The Morgan fingerprint density at radius 2 is 1.85 bits per heavy atom. The number of likely N-dealkylation sites (N-methyl/N-ethyl adjacent to an activating group) is 1. The van der Waals surface area contributed by atoms with Crippen molar-refractivity contribution in [2.75, 3.05) is 34.3 Å². The van der Waals surface area contributed by atoms with Gasteiger partial charge in [0.2, 0.25) is 0 Å². The average molecular weight is 238 g/mol. The van der Waals surface area contributed by atoms with Crippen molar-refractivity contribution in [1.82, 2.24) is 0 Å². The fourth-order valence-corrected chi connectivity index (χ4v) is 0.784. The third kappa shape index (κ3) is 19.6. The molecule has 1 unspecified atom stereocenters. The van der Waals surface area contributed by atoms with Crippen LogP contribution in [-0.2, 0) is 9.30 Å². The summed E-state index contributed by atoms with van der Waals surface area (Å²) in [6.07, 6.45) is 0.565. The third-order valence-corrected chi connectivity index (χ3v) is 1.15. The van der Waals surface area contributed by atoms with E-state index in [1.165, 1.54) is 0 Å². The van der Waals surface area contributed by atoms with Crippen LogP contribution in [0.25, 0.3) is 0 Å². The first-order valence-electron chi connectivity index (χ1n) is 3.36. The molecule has 0 N–H and O–H groups in total. The van der Waals surface area contributed by atoms with Gasteiger partial charge in [0.1, 0.15) is 12.6 Å². The second-order valence-electron chi connectivity index (χ2n) is 3.50. The van der Waals surface area contributed by atoms with Crippen molar-refractivity contribution < 1.29 is 60.6 Å². The van der Waals surface area contributed by atoms with E-state index in [4.69, 9.17) is 14.2 Å². The maximum Gasteiger partial charge on any atom is 1.00 e. The van der Waals surface area contributed by atoms with Crippen molar-refractivity contribution >= 4 is 8.69 Å². The molecule has 1 saturated heterocycles. The van der Waals surface area contributed by atoms with Gasteiger partial charge in [-0.2, -0.15) is 0 Å². The van der Waals surface area contributed by atoms with Crippen LogP contribution in [0.15, 0.2) is 0 Å². The standard InChI is InChI=1S/C6H14NO.ClH.Na.HO2P/c1-7(2,3)4-6-5-8-6;;;1-3-2/h6H,4-5H2,1-3H3;1H;;(H,1,2)/q+1;;+1;/p-2. The summed E-state index contributed by atoms with van der Waals surface area (Å²) in [7, 11) is 5.46. The number of hydrogen-bond acceptors (Lipinski definition) is 3. The van der Waals surface area contributed by atoms with Gasteiger partial charge < -0.3 is 26.5 Å². The third-order valence-electron chi connectivity index (χ3n) is 1.15. The quantitative estimate of drug-likeness (QED) is 0.208. The Kier molecular flexibility index (Phi) is 14.9. The van der Waals surface area contributed by atoms with Crippen molar-refractivity contribution in [3.05, 3.63) is 0 Å². The van der Waals surface area contributed by atoms with Gasteiger partial charge in [0, 0.05) is 0 Å². The SMILES string of the molecule is C[N+](C)(C)CC1CO1.O=P[O-].[Cl-].[Na+]. The van der Waals surface area contributed by atoms with Gasteiger partial charge in [-0.3, -0.25) is 4.57 Å². The van der Waals surface area contributed by atoms with Crippen LogP contribution in [0, 0.1) is 0 Å². The minimum absolute atomic E-state index is 0. The van der Waals surface area contributed by atoms with Gasteiger partial charge in [0.25, 0.3) is 0 Å². The second-order valence-corrected chi connectivity index (χ2v) is 3.65. The summed E-state index contributed by atoms with van der Waals surface area (Å²) < 4.78 is 14.4. The first-order chi connectivity index (χ1) is 4.99. The summed E-state index contributed by atoms with van der Waals surface area (Å²) in [5, 5.41) is 0. The summed E-state index contributed by atoms with van der Waals surface area (Å²) in [4.78, 5) is 8.35. The molecule has 13 heavy (non-hydrogen) atoms. The fraction of sp³-hybridized carbons (Fsp3) is 1.00. The average Bonchev–Trinajstić information content (AvgIpc) is 2.47. The number of epoxide rings is 1. The normalized spacial score (nSPS) is 18.9. The van der Waals surface area contributed by atoms with Gasteiger partial charge in [-0.15, -0.1) is 0 Å². The Labute approximate surface area is 109 Å². The van der Waals surface area contributed by atoms with Gasteiger partial charge in [-0.25, -0.2) is 0 Å².